The molecule has 1 saturated heterocycles. The molecule has 5 heteroatoms. The summed E-state index contributed by atoms with van der Waals surface area (Å²) >= 11 is 0. The Morgan fingerprint density at radius 3 is 2.29 bits per heavy atom. The number of para-hydroxylation sites is 2. The molecule has 1 atom stereocenters. The van der Waals surface area contributed by atoms with Crippen LogP contribution < -0.4 is 19.9 Å². The van der Waals surface area contributed by atoms with Gasteiger partial charge in [0, 0.05) is 5.69 Å². The number of ether oxygens (including phenoxy) is 1. The van der Waals surface area contributed by atoms with Crippen molar-refractivity contribution < 1.29 is 14.4 Å². The van der Waals surface area contributed by atoms with Gasteiger partial charge >= 0.3 is 0 Å². The molecule has 150 valence electrons. The molecule has 1 fully saturated rings. The Labute approximate surface area is 168 Å². The third-order valence-corrected chi connectivity index (χ3v) is 5.68. The van der Waals surface area contributed by atoms with Crippen LogP contribution in [0.1, 0.15) is 32.3 Å². The second-order valence-electron chi connectivity index (χ2n) is 7.80. The lowest BCUT2D eigenvalue weighted by Gasteiger charge is -2.36. The summed E-state index contributed by atoms with van der Waals surface area (Å²) in [5.74, 6) is 1.48. The Morgan fingerprint density at radius 2 is 1.68 bits per heavy atom. The van der Waals surface area contributed by atoms with Crippen LogP contribution in [0.2, 0.25) is 0 Å². The van der Waals surface area contributed by atoms with Crippen LogP contribution in [-0.2, 0) is 4.79 Å². The van der Waals surface area contributed by atoms with Gasteiger partial charge in [-0.1, -0.05) is 38.1 Å². The Morgan fingerprint density at radius 1 is 1.04 bits per heavy atom. The van der Waals surface area contributed by atoms with E-state index in [1.807, 2.05) is 37.3 Å². The van der Waals surface area contributed by atoms with Crippen molar-refractivity contribution in [2.45, 2.75) is 32.7 Å². The fraction of sp³-hybridized carbons (Fsp3) is 0.435. The number of nitrogens with one attached hydrogen (secondary N) is 2. The normalized spacial score (nSPS) is 16.1. The molecule has 2 aromatic carbocycles. The van der Waals surface area contributed by atoms with E-state index in [0.29, 0.717) is 5.92 Å². The van der Waals surface area contributed by atoms with Gasteiger partial charge in [-0.3, -0.25) is 4.79 Å². The number of quaternary nitrogens is 1. The molecule has 2 N–H and O–H groups in total. The number of benzene rings is 2. The first-order valence-corrected chi connectivity index (χ1v) is 10.1. The van der Waals surface area contributed by atoms with E-state index in [2.05, 4.69) is 42.3 Å². The van der Waals surface area contributed by atoms with Crippen LogP contribution in [0.4, 0.5) is 11.4 Å². The molecular weight excluding hydrogens is 350 g/mol. The average Bonchev–Trinajstić information content (AvgIpc) is 2.73. The molecule has 0 spiro atoms. The van der Waals surface area contributed by atoms with Crippen molar-refractivity contribution in [3.05, 3.63) is 54.1 Å². The van der Waals surface area contributed by atoms with Crippen molar-refractivity contribution >= 4 is 17.3 Å². The van der Waals surface area contributed by atoms with Crippen LogP contribution in [0.15, 0.2) is 48.5 Å². The Kier molecular flexibility index (Phi) is 6.57. The summed E-state index contributed by atoms with van der Waals surface area (Å²) in [5, 5.41) is 3.07. The van der Waals surface area contributed by atoms with Gasteiger partial charge in [0.1, 0.15) is 5.75 Å². The SMILES string of the molecule is COc1ccccc1N1CC[NH+]([C@@H](C)C(=O)Nc2ccc(C(C)C)cc2)CC1. The number of carbonyl (C=O) groups excluding carboxylic acids is 1. The maximum Gasteiger partial charge on any atom is 0.282 e. The number of methoxy groups -OCH3 is 1. The summed E-state index contributed by atoms with van der Waals surface area (Å²) in [6, 6.07) is 16.2. The van der Waals surface area contributed by atoms with E-state index < -0.39 is 0 Å². The van der Waals surface area contributed by atoms with Crippen molar-refractivity contribution in [3.63, 3.8) is 0 Å². The van der Waals surface area contributed by atoms with Crippen molar-refractivity contribution in [1.82, 2.24) is 0 Å². The third kappa shape index (κ3) is 4.65. The lowest BCUT2D eigenvalue weighted by Crippen LogP contribution is -3.19. The highest BCUT2D eigenvalue weighted by atomic mass is 16.5. The molecule has 0 aliphatic carbocycles. The quantitative estimate of drug-likeness (QED) is 0.807. The number of hydrogen-bond donors (Lipinski definition) is 2. The first-order chi connectivity index (χ1) is 13.5. The van der Waals surface area contributed by atoms with Crippen molar-refractivity contribution in [2.75, 3.05) is 43.5 Å². The zero-order chi connectivity index (χ0) is 20.1. The van der Waals surface area contributed by atoms with Gasteiger partial charge in [0.05, 0.1) is 39.0 Å². The maximum absolute atomic E-state index is 12.7. The minimum absolute atomic E-state index is 0.0791. The van der Waals surface area contributed by atoms with E-state index in [9.17, 15) is 4.79 Å². The molecule has 3 rings (SSSR count). The molecular formula is C23H32N3O2+. The molecule has 0 bridgehead atoms. The lowest BCUT2D eigenvalue weighted by atomic mass is 10.0. The van der Waals surface area contributed by atoms with Crippen molar-refractivity contribution in [3.8, 4) is 5.75 Å². The number of anilines is 2. The van der Waals surface area contributed by atoms with E-state index in [-0.39, 0.29) is 11.9 Å². The molecule has 0 aromatic heterocycles. The first kappa shape index (κ1) is 20.2. The Balaban J connectivity index is 1.55. The number of piperazine rings is 1. The average molecular weight is 383 g/mol. The van der Waals surface area contributed by atoms with Crippen LogP contribution >= 0.6 is 0 Å². The fourth-order valence-electron chi connectivity index (χ4n) is 3.75. The van der Waals surface area contributed by atoms with Gasteiger partial charge in [-0.2, -0.15) is 0 Å². The molecule has 0 saturated carbocycles. The Bertz CT molecular complexity index is 781. The third-order valence-electron chi connectivity index (χ3n) is 5.68. The summed E-state index contributed by atoms with van der Waals surface area (Å²) in [7, 11) is 1.71. The van der Waals surface area contributed by atoms with E-state index in [0.717, 1.165) is 43.3 Å². The van der Waals surface area contributed by atoms with Gasteiger partial charge in [-0.15, -0.1) is 0 Å². The highest BCUT2D eigenvalue weighted by Gasteiger charge is 2.30. The highest BCUT2D eigenvalue weighted by Crippen LogP contribution is 2.27. The smallest absolute Gasteiger partial charge is 0.282 e. The first-order valence-electron chi connectivity index (χ1n) is 10.1. The topological polar surface area (TPSA) is 46.0 Å². The van der Waals surface area contributed by atoms with Gasteiger partial charge in [0.2, 0.25) is 0 Å². The molecule has 0 radical (unpaired) electrons. The number of nitrogens with zero attached hydrogens (tertiary/aromatic N) is 1. The van der Waals surface area contributed by atoms with Crippen LogP contribution in [0.3, 0.4) is 0 Å². The molecule has 1 amide bonds. The molecule has 1 aliphatic heterocycles. The molecule has 1 aliphatic rings. The van der Waals surface area contributed by atoms with Crippen LogP contribution in [0.25, 0.3) is 0 Å². The molecule has 2 aromatic rings. The van der Waals surface area contributed by atoms with Crippen molar-refractivity contribution in [2.24, 2.45) is 0 Å². The number of rotatable bonds is 6. The lowest BCUT2D eigenvalue weighted by molar-refractivity contribution is -0.914. The second-order valence-corrected chi connectivity index (χ2v) is 7.80. The summed E-state index contributed by atoms with van der Waals surface area (Å²) in [6.45, 7) is 10.0. The van der Waals surface area contributed by atoms with E-state index in [4.69, 9.17) is 4.74 Å². The highest BCUT2D eigenvalue weighted by molar-refractivity contribution is 5.93. The molecule has 1 heterocycles. The summed E-state index contributed by atoms with van der Waals surface area (Å²) in [4.78, 5) is 16.4. The molecule has 28 heavy (non-hydrogen) atoms. The molecule has 5 nitrogen and oxygen atoms in total. The van der Waals surface area contributed by atoms with Gasteiger partial charge in [0.25, 0.3) is 5.91 Å². The number of amides is 1. The van der Waals surface area contributed by atoms with Gasteiger partial charge in [0.15, 0.2) is 6.04 Å². The minimum Gasteiger partial charge on any atom is -0.495 e. The van der Waals surface area contributed by atoms with E-state index >= 15 is 0 Å². The number of carbonyl (C=O) groups is 1. The Hall–Kier alpha value is -2.53. The zero-order valence-electron chi connectivity index (χ0n) is 17.4. The molecule has 0 unspecified atom stereocenters. The zero-order valence-corrected chi connectivity index (χ0v) is 17.4. The van der Waals surface area contributed by atoms with Gasteiger partial charge < -0.3 is 19.9 Å². The standard InChI is InChI=1S/C23H31N3O2/c1-17(2)19-9-11-20(12-10-19)24-23(27)18(3)25-13-15-26(16-14-25)21-7-5-6-8-22(21)28-4/h5-12,17-18H,13-16H2,1-4H3,(H,24,27)/p+1/t18-/m0/s1. The fourth-order valence-corrected chi connectivity index (χ4v) is 3.75. The monoisotopic (exact) mass is 382 g/mol. The van der Waals surface area contributed by atoms with E-state index in [1.54, 1.807) is 7.11 Å². The summed E-state index contributed by atoms with van der Waals surface area (Å²) < 4.78 is 5.49. The van der Waals surface area contributed by atoms with Gasteiger partial charge in [-0.05, 0) is 42.7 Å². The predicted octanol–water partition coefficient (Wildman–Crippen LogP) is 2.55. The van der Waals surface area contributed by atoms with Crippen LogP contribution in [0, 0.1) is 0 Å². The minimum atomic E-state index is -0.0791. The van der Waals surface area contributed by atoms with Crippen molar-refractivity contribution in [1.29, 1.82) is 0 Å². The second kappa shape index (κ2) is 9.11. The van der Waals surface area contributed by atoms with Gasteiger partial charge in [-0.25, -0.2) is 0 Å². The van der Waals surface area contributed by atoms with Crippen LogP contribution in [0.5, 0.6) is 5.75 Å². The maximum atomic E-state index is 12.7. The largest absolute Gasteiger partial charge is 0.495 e. The van der Waals surface area contributed by atoms with E-state index in [1.165, 1.54) is 10.5 Å². The summed E-state index contributed by atoms with van der Waals surface area (Å²) in [5.41, 5.74) is 3.28. The summed E-state index contributed by atoms with van der Waals surface area (Å²) in [6.07, 6.45) is 0. The predicted molar refractivity (Wildman–Crippen MR) is 115 cm³/mol. The van der Waals surface area contributed by atoms with Crippen LogP contribution in [-0.4, -0.2) is 45.2 Å². The number of hydrogen-bond acceptors (Lipinski definition) is 3.